The fourth-order valence-corrected chi connectivity index (χ4v) is 4.51. The van der Waals surface area contributed by atoms with Gasteiger partial charge >= 0.3 is 0 Å². The van der Waals surface area contributed by atoms with Crippen LogP contribution in [0.25, 0.3) is 0 Å². The number of imide groups is 1. The number of nitrogens with zero attached hydrogens (tertiary/aromatic N) is 2. The predicted molar refractivity (Wildman–Crippen MR) is 94.3 cm³/mol. The second kappa shape index (κ2) is 6.63. The summed E-state index contributed by atoms with van der Waals surface area (Å²) < 4.78 is 7.33. The molecule has 1 aromatic carbocycles. The summed E-state index contributed by atoms with van der Waals surface area (Å²) in [6, 6.07) is 5.04. The predicted octanol–water partition coefficient (Wildman–Crippen LogP) is 2.95. The Hall–Kier alpha value is -0.760. The Morgan fingerprint density at radius 3 is 2.39 bits per heavy atom. The minimum absolute atomic E-state index is 0.0649. The van der Waals surface area contributed by atoms with E-state index in [9.17, 15) is 9.59 Å². The summed E-state index contributed by atoms with van der Waals surface area (Å²) in [4.78, 5) is 28.7. The van der Waals surface area contributed by atoms with Crippen LogP contribution in [0.1, 0.15) is 20.3 Å². The highest BCUT2D eigenvalue weighted by Gasteiger charge is 2.44. The molecule has 0 radical (unpaired) electrons. The van der Waals surface area contributed by atoms with Crippen molar-refractivity contribution in [3.05, 3.63) is 27.1 Å². The number of benzene rings is 1. The van der Waals surface area contributed by atoms with Crippen LogP contribution < -0.4 is 4.90 Å². The molecule has 0 spiro atoms. The molecule has 1 aromatic rings. The van der Waals surface area contributed by atoms with Crippen LogP contribution in [0.3, 0.4) is 0 Å². The number of morpholine rings is 1. The third-order valence-electron chi connectivity index (χ3n) is 4.16. The van der Waals surface area contributed by atoms with Crippen LogP contribution in [0.4, 0.5) is 5.69 Å². The molecule has 2 amide bonds. The molecule has 0 bridgehead atoms. The summed E-state index contributed by atoms with van der Waals surface area (Å²) in [5, 5.41) is 0. The number of hydrogen-bond acceptors (Lipinski definition) is 4. The fraction of sp³-hybridized carbons (Fsp3) is 0.500. The van der Waals surface area contributed by atoms with Crippen molar-refractivity contribution < 1.29 is 14.3 Å². The molecular formula is C16H18Br2N2O3. The van der Waals surface area contributed by atoms with Crippen molar-refractivity contribution in [3.63, 3.8) is 0 Å². The largest absolute Gasteiger partial charge is 0.373 e. The molecule has 0 unspecified atom stereocenters. The van der Waals surface area contributed by atoms with E-state index in [1.54, 1.807) is 6.07 Å². The first-order chi connectivity index (χ1) is 10.9. The van der Waals surface area contributed by atoms with Gasteiger partial charge in [0.2, 0.25) is 5.91 Å². The van der Waals surface area contributed by atoms with Gasteiger partial charge in [0.1, 0.15) is 0 Å². The smallest absolute Gasteiger partial charge is 0.251 e. The van der Waals surface area contributed by atoms with Crippen molar-refractivity contribution in [2.24, 2.45) is 0 Å². The number of rotatable bonds is 2. The molecular weight excluding hydrogens is 428 g/mol. The first-order valence-electron chi connectivity index (χ1n) is 7.58. The van der Waals surface area contributed by atoms with Crippen LogP contribution in [-0.2, 0) is 14.3 Å². The fourth-order valence-electron chi connectivity index (χ4n) is 3.29. The lowest BCUT2D eigenvalue weighted by Gasteiger charge is -2.37. The van der Waals surface area contributed by atoms with Crippen molar-refractivity contribution >= 4 is 49.4 Å². The van der Waals surface area contributed by atoms with Crippen LogP contribution in [0.2, 0.25) is 0 Å². The van der Waals surface area contributed by atoms with E-state index in [4.69, 9.17) is 4.74 Å². The Balaban J connectivity index is 1.85. The SMILES string of the molecule is C[C@@H]1CN([C@@H]2CC(=O)N(c3ccc(Br)cc3Br)C2=O)C[C@@H](C)O1. The van der Waals surface area contributed by atoms with Gasteiger partial charge in [-0.25, -0.2) is 4.90 Å². The highest BCUT2D eigenvalue weighted by molar-refractivity contribution is 9.11. The number of halogens is 2. The Bertz CT molecular complexity index is 642. The van der Waals surface area contributed by atoms with E-state index in [1.165, 1.54) is 4.90 Å². The number of anilines is 1. The van der Waals surface area contributed by atoms with E-state index < -0.39 is 6.04 Å². The Labute approximate surface area is 152 Å². The molecule has 0 aliphatic carbocycles. The van der Waals surface area contributed by atoms with Gasteiger partial charge in [-0.3, -0.25) is 14.5 Å². The molecule has 2 heterocycles. The molecule has 0 saturated carbocycles. The van der Waals surface area contributed by atoms with E-state index in [-0.39, 0.29) is 30.4 Å². The number of hydrogen-bond donors (Lipinski definition) is 0. The van der Waals surface area contributed by atoms with Crippen LogP contribution >= 0.6 is 31.9 Å². The summed E-state index contributed by atoms with van der Waals surface area (Å²) in [5.74, 6) is -0.311. The van der Waals surface area contributed by atoms with Crippen molar-refractivity contribution in [1.29, 1.82) is 0 Å². The van der Waals surface area contributed by atoms with E-state index in [0.29, 0.717) is 18.8 Å². The average Bonchev–Trinajstić information content (AvgIpc) is 2.74. The van der Waals surface area contributed by atoms with Crippen molar-refractivity contribution in [3.8, 4) is 0 Å². The van der Waals surface area contributed by atoms with Crippen molar-refractivity contribution in [2.45, 2.75) is 38.5 Å². The number of carbonyl (C=O) groups is 2. The van der Waals surface area contributed by atoms with Gasteiger partial charge in [0.15, 0.2) is 0 Å². The van der Waals surface area contributed by atoms with Gasteiger partial charge in [0.05, 0.1) is 30.4 Å². The molecule has 23 heavy (non-hydrogen) atoms. The molecule has 2 aliphatic rings. The molecule has 3 atom stereocenters. The highest BCUT2D eigenvalue weighted by atomic mass is 79.9. The maximum Gasteiger partial charge on any atom is 0.251 e. The summed E-state index contributed by atoms with van der Waals surface area (Å²) in [7, 11) is 0. The Morgan fingerprint density at radius 2 is 1.78 bits per heavy atom. The van der Waals surface area contributed by atoms with E-state index in [2.05, 4.69) is 36.8 Å². The Kier molecular flexibility index (Phi) is 4.92. The lowest BCUT2D eigenvalue weighted by atomic mass is 10.1. The first kappa shape index (κ1) is 17.1. The molecule has 2 saturated heterocycles. The topological polar surface area (TPSA) is 49.9 Å². The summed E-state index contributed by atoms with van der Waals surface area (Å²) in [6.45, 7) is 5.33. The third kappa shape index (κ3) is 3.38. The van der Waals surface area contributed by atoms with Gasteiger partial charge in [-0.1, -0.05) is 15.9 Å². The van der Waals surface area contributed by atoms with Crippen LogP contribution in [-0.4, -0.2) is 48.1 Å². The maximum atomic E-state index is 12.9. The molecule has 5 nitrogen and oxygen atoms in total. The van der Waals surface area contributed by atoms with Crippen molar-refractivity contribution in [2.75, 3.05) is 18.0 Å². The van der Waals surface area contributed by atoms with E-state index >= 15 is 0 Å². The molecule has 2 fully saturated rings. The quantitative estimate of drug-likeness (QED) is 0.656. The lowest BCUT2D eigenvalue weighted by molar-refractivity contribution is -0.127. The summed E-state index contributed by atoms with van der Waals surface area (Å²) in [5.41, 5.74) is 0.597. The van der Waals surface area contributed by atoms with Crippen molar-refractivity contribution in [1.82, 2.24) is 4.90 Å². The molecule has 2 aliphatic heterocycles. The number of amides is 2. The summed E-state index contributed by atoms with van der Waals surface area (Å²) in [6.07, 6.45) is 0.353. The molecule has 0 aromatic heterocycles. The van der Waals surface area contributed by atoms with Crippen LogP contribution in [0.5, 0.6) is 0 Å². The number of carbonyl (C=O) groups excluding carboxylic acids is 2. The van der Waals surface area contributed by atoms with Gasteiger partial charge in [-0.2, -0.15) is 0 Å². The second-order valence-electron chi connectivity index (χ2n) is 6.09. The van der Waals surface area contributed by atoms with Gasteiger partial charge in [0.25, 0.3) is 5.91 Å². The molecule has 7 heteroatoms. The molecule has 0 N–H and O–H groups in total. The minimum atomic E-state index is -0.396. The third-order valence-corrected chi connectivity index (χ3v) is 5.29. The normalized spacial score (nSPS) is 29.4. The Morgan fingerprint density at radius 1 is 1.13 bits per heavy atom. The molecule has 124 valence electrons. The molecule has 3 rings (SSSR count). The monoisotopic (exact) mass is 444 g/mol. The summed E-state index contributed by atoms with van der Waals surface area (Å²) >= 11 is 6.82. The minimum Gasteiger partial charge on any atom is -0.373 e. The van der Waals surface area contributed by atoms with E-state index in [1.807, 2.05) is 26.0 Å². The zero-order valence-corrected chi connectivity index (χ0v) is 16.1. The number of ether oxygens (including phenoxy) is 1. The van der Waals surface area contributed by atoms with Crippen LogP contribution in [0, 0.1) is 0 Å². The maximum absolute atomic E-state index is 12.9. The standard InChI is InChI=1S/C16H18Br2N2O3/c1-9-7-19(8-10(2)23-9)14-6-15(21)20(16(14)22)13-4-3-11(17)5-12(13)18/h3-5,9-10,14H,6-8H2,1-2H3/t9-,10-,14-/m1/s1. The lowest BCUT2D eigenvalue weighted by Crippen LogP contribution is -2.52. The first-order valence-corrected chi connectivity index (χ1v) is 9.16. The van der Waals surface area contributed by atoms with Crippen LogP contribution in [0.15, 0.2) is 27.1 Å². The van der Waals surface area contributed by atoms with Gasteiger partial charge < -0.3 is 4.74 Å². The zero-order valence-electron chi connectivity index (χ0n) is 13.0. The van der Waals surface area contributed by atoms with Gasteiger partial charge in [-0.15, -0.1) is 0 Å². The highest BCUT2D eigenvalue weighted by Crippen LogP contribution is 2.34. The zero-order chi connectivity index (χ0) is 16.7. The van der Waals surface area contributed by atoms with Gasteiger partial charge in [0, 0.05) is 22.0 Å². The second-order valence-corrected chi connectivity index (χ2v) is 7.86. The average molecular weight is 446 g/mol. The van der Waals surface area contributed by atoms with Gasteiger partial charge in [-0.05, 0) is 48.0 Å². The van der Waals surface area contributed by atoms with E-state index in [0.717, 1.165) is 8.95 Å².